The van der Waals surface area contributed by atoms with E-state index in [1.54, 1.807) is 0 Å². The quantitative estimate of drug-likeness (QED) is 0.109. The molecule has 4 aliphatic rings. The van der Waals surface area contributed by atoms with Crippen molar-refractivity contribution in [3.8, 4) is 0 Å². The van der Waals surface area contributed by atoms with Crippen LogP contribution in [0.5, 0.6) is 0 Å². The van der Waals surface area contributed by atoms with E-state index in [2.05, 4.69) is 42.5 Å². The van der Waals surface area contributed by atoms with Crippen molar-refractivity contribution >= 4 is 23.6 Å². The first-order chi connectivity index (χ1) is 33.3. The molecule has 0 aliphatic carbocycles. The van der Waals surface area contributed by atoms with Crippen LogP contribution in [0.4, 0.5) is 0 Å². The summed E-state index contributed by atoms with van der Waals surface area (Å²) in [5.74, 6) is -0.595. The summed E-state index contributed by atoms with van der Waals surface area (Å²) in [6, 6.07) is 53.9. The Morgan fingerprint density at radius 1 is 0.279 bits per heavy atom. The Labute approximate surface area is 400 Å². The van der Waals surface area contributed by atoms with Crippen LogP contribution >= 0.6 is 0 Å². The highest BCUT2D eigenvalue weighted by atomic mass is 16.2. The molecule has 6 aromatic rings. The fraction of sp³-hybridized carbons (Fsp3) is 0.286. The Hall–Kier alpha value is -6.96. The van der Waals surface area contributed by atoms with Gasteiger partial charge >= 0.3 is 0 Å². The van der Waals surface area contributed by atoms with Gasteiger partial charge in [0.1, 0.15) is 0 Å². The molecule has 0 spiro atoms. The molecule has 8 N–H and O–H groups in total. The summed E-state index contributed by atoms with van der Waals surface area (Å²) >= 11 is 0. The lowest BCUT2D eigenvalue weighted by Gasteiger charge is -2.21. The van der Waals surface area contributed by atoms with E-state index in [-0.39, 0.29) is 49.8 Å². The molecule has 0 radical (unpaired) electrons. The number of rotatable bonds is 8. The molecule has 0 unspecified atom stereocenters. The predicted octanol–water partition coefficient (Wildman–Crippen LogP) is 4.67. The molecule has 68 heavy (non-hydrogen) atoms. The van der Waals surface area contributed by atoms with Crippen molar-refractivity contribution in [2.24, 2.45) is 0 Å². The number of hydrogen-bond acceptors (Lipinski definition) is 8. The lowest BCUT2D eigenvalue weighted by Crippen LogP contribution is -2.49. The number of carbonyl (C=O) groups excluding carboxylic acids is 4. The van der Waals surface area contributed by atoms with Crippen LogP contribution in [0.2, 0.25) is 0 Å². The molecular formula is C56H64N8O4. The summed E-state index contributed by atoms with van der Waals surface area (Å²) in [7, 11) is 0. The minimum absolute atomic E-state index is 0.149. The van der Waals surface area contributed by atoms with E-state index in [4.69, 9.17) is 0 Å². The monoisotopic (exact) mass is 913 g/mol. The highest BCUT2D eigenvalue weighted by Gasteiger charge is 2.23. The third kappa shape index (κ3) is 16.1. The third-order valence-corrected chi connectivity index (χ3v) is 12.1. The van der Waals surface area contributed by atoms with Crippen molar-refractivity contribution in [2.75, 3.05) is 26.2 Å². The SMILES string of the molecule is O=C1NCCNC(=O)[C@H](Cc2ccccc2)NCc2ccc(cc2)CN[C@@H](Cc2ccccc2)C(=O)NCCNC(=O)[C@H](Cc2ccccc2)NCc2ccc(cc2)CN[C@H]1Cc1ccccc1. The van der Waals surface area contributed by atoms with Crippen LogP contribution in [0, 0.1) is 0 Å². The molecule has 0 saturated heterocycles. The van der Waals surface area contributed by atoms with E-state index < -0.39 is 24.2 Å². The molecule has 4 amide bonds. The summed E-state index contributed by atoms with van der Waals surface area (Å²) in [5.41, 5.74) is 8.16. The maximum Gasteiger partial charge on any atom is 0.237 e. The topological polar surface area (TPSA) is 165 Å². The molecule has 4 atom stereocenters. The Balaban J connectivity index is 1.07. The lowest BCUT2D eigenvalue weighted by molar-refractivity contribution is -0.125. The van der Waals surface area contributed by atoms with Crippen LogP contribution in [0.15, 0.2) is 170 Å². The van der Waals surface area contributed by atoms with Crippen molar-refractivity contribution in [1.29, 1.82) is 0 Å². The minimum atomic E-state index is -0.514. The van der Waals surface area contributed by atoms with Gasteiger partial charge in [0.25, 0.3) is 0 Å². The molecule has 352 valence electrons. The third-order valence-electron chi connectivity index (χ3n) is 12.1. The first-order valence-corrected chi connectivity index (χ1v) is 23.7. The second-order valence-corrected chi connectivity index (χ2v) is 17.3. The van der Waals surface area contributed by atoms with Gasteiger partial charge in [-0.05, 0) is 70.2 Å². The fourth-order valence-electron chi connectivity index (χ4n) is 8.18. The van der Waals surface area contributed by atoms with Crippen molar-refractivity contribution < 1.29 is 19.2 Å². The van der Waals surface area contributed by atoms with Gasteiger partial charge in [0, 0.05) is 52.4 Å². The number of carbonyl (C=O) groups is 4. The molecule has 4 heterocycles. The summed E-state index contributed by atoms with van der Waals surface area (Å²) < 4.78 is 0. The zero-order chi connectivity index (χ0) is 47.2. The van der Waals surface area contributed by atoms with Crippen molar-refractivity contribution in [2.45, 2.75) is 76.0 Å². The van der Waals surface area contributed by atoms with Gasteiger partial charge in [0.15, 0.2) is 0 Å². The van der Waals surface area contributed by atoms with Crippen LogP contribution < -0.4 is 42.5 Å². The molecule has 0 aromatic heterocycles. The van der Waals surface area contributed by atoms with E-state index in [1.165, 1.54) is 0 Å². The molecule has 0 saturated carbocycles. The number of amides is 4. The maximum absolute atomic E-state index is 13.7. The first-order valence-electron chi connectivity index (χ1n) is 23.7. The maximum atomic E-state index is 13.7. The fourth-order valence-corrected chi connectivity index (χ4v) is 8.18. The van der Waals surface area contributed by atoms with Gasteiger partial charge in [-0.1, -0.05) is 170 Å². The van der Waals surface area contributed by atoms with Crippen LogP contribution in [0.1, 0.15) is 44.5 Å². The van der Waals surface area contributed by atoms with Gasteiger partial charge in [-0.3, -0.25) is 19.2 Å². The summed E-state index contributed by atoms with van der Waals surface area (Å²) in [6.45, 7) is 2.92. The Morgan fingerprint density at radius 3 is 0.662 bits per heavy atom. The van der Waals surface area contributed by atoms with Crippen molar-refractivity contribution in [3.63, 3.8) is 0 Å². The molecule has 12 heteroatoms. The Morgan fingerprint density at radius 2 is 0.471 bits per heavy atom. The van der Waals surface area contributed by atoms with E-state index in [1.807, 2.05) is 170 Å². The van der Waals surface area contributed by atoms with Crippen LogP contribution in [0.3, 0.4) is 0 Å². The van der Waals surface area contributed by atoms with Gasteiger partial charge in [-0.15, -0.1) is 0 Å². The van der Waals surface area contributed by atoms with E-state index >= 15 is 0 Å². The molecular weight excluding hydrogens is 849 g/mol. The smallest absolute Gasteiger partial charge is 0.237 e. The number of nitrogens with one attached hydrogen (secondary N) is 8. The van der Waals surface area contributed by atoms with Crippen molar-refractivity contribution in [1.82, 2.24) is 42.5 Å². The summed E-state index contributed by atoms with van der Waals surface area (Å²) in [4.78, 5) is 54.9. The van der Waals surface area contributed by atoms with E-state index in [0.717, 1.165) is 44.5 Å². The normalized spacial score (nSPS) is 19.9. The van der Waals surface area contributed by atoms with E-state index in [9.17, 15) is 19.2 Å². The Bertz CT molecular complexity index is 2110. The van der Waals surface area contributed by atoms with Crippen LogP contribution in [-0.2, 0) is 71.0 Å². The largest absolute Gasteiger partial charge is 0.353 e. The molecule has 0 fully saturated rings. The summed E-state index contributed by atoms with van der Waals surface area (Å²) in [5, 5.41) is 26.1. The zero-order valence-corrected chi connectivity index (χ0v) is 38.6. The zero-order valence-electron chi connectivity index (χ0n) is 38.6. The van der Waals surface area contributed by atoms with Gasteiger partial charge < -0.3 is 42.5 Å². The molecule has 6 aromatic carbocycles. The first kappa shape index (κ1) is 49.0. The highest BCUT2D eigenvalue weighted by Crippen LogP contribution is 2.12. The second kappa shape index (κ2) is 26.4. The van der Waals surface area contributed by atoms with Gasteiger partial charge in [-0.2, -0.15) is 0 Å². The van der Waals surface area contributed by atoms with Gasteiger partial charge in [0.2, 0.25) is 23.6 Å². The van der Waals surface area contributed by atoms with Gasteiger partial charge in [0.05, 0.1) is 24.2 Å². The average molecular weight is 913 g/mol. The molecule has 4 aliphatic heterocycles. The Kier molecular flexibility index (Phi) is 19.0. The molecule has 4 bridgehead atoms. The lowest BCUT2D eigenvalue weighted by atomic mass is 10.0. The van der Waals surface area contributed by atoms with Crippen LogP contribution in [-0.4, -0.2) is 74.0 Å². The second-order valence-electron chi connectivity index (χ2n) is 17.3. The van der Waals surface area contributed by atoms with Crippen LogP contribution in [0.25, 0.3) is 0 Å². The van der Waals surface area contributed by atoms with Crippen molar-refractivity contribution in [3.05, 3.63) is 214 Å². The van der Waals surface area contributed by atoms with E-state index in [0.29, 0.717) is 51.9 Å². The average Bonchev–Trinajstić information content (AvgIpc) is 3.38. The van der Waals surface area contributed by atoms with Gasteiger partial charge in [-0.25, -0.2) is 0 Å². The molecule has 10 rings (SSSR count). The minimum Gasteiger partial charge on any atom is -0.353 e. The number of benzene rings is 6. The predicted molar refractivity (Wildman–Crippen MR) is 268 cm³/mol. The number of hydrogen-bond donors (Lipinski definition) is 8. The highest BCUT2D eigenvalue weighted by molar-refractivity contribution is 5.84. The molecule has 12 nitrogen and oxygen atoms in total. The summed E-state index contributed by atoms with van der Waals surface area (Å²) in [6.07, 6.45) is 1.97. The standard InChI is InChI=1S/C56H64N8O4/c65-53-49(33-41-13-5-1-6-14-41)61-37-45-21-23-46(24-22-45)38-62-51(35-43-17-9-3-10-18-43)55(67)59-31-32-60-56(68)52(36-44-19-11-4-12-20-44)64-40-48-27-25-47(26-28-48)39-63-50(54(66)58-30-29-57-53)34-42-15-7-2-8-16-42/h1-28,49-52,61-64H,29-40H2,(H,57,65)(H,58,66)(H,59,67)(H,60,68)/t49-,50-,51-,52-/m0/s1.